The van der Waals surface area contributed by atoms with Gasteiger partial charge in [0.1, 0.15) is 5.82 Å². The van der Waals surface area contributed by atoms with Gasteiger partial charge in [-0.1, -0.05) is 18.2 Å². The van der Waals surface area contributed by atoms with Gasteiger partial charge in [-0.05, 0) is 35.0 Å². The van der Waals surface area contributed by atoms with Crippen LogP contribution in [0.4, 0.5) is 11.5 Å². The number of hydrogen-bond donors (Lipinski definition) is 1. The summed E-state index contributed by atoms with van der Waals surface area (Å²) in [5.74, 6) is 1.00. The number of nitrogens with zero attached hydrogens (tertiary/aromatic N) is 3. The Bertz CT molecular complexity index is 600. The van der Waals surface area contributed by atoms with Gasteiger partial charge in [-0.2, -0.15) is 0 Å². The summed E-state index contributed by atoms with van der Waals surface area (Å²) in [6, 6.07) is 10.4. The van der Waals surface area contributed by atoms with Gasteiger partial charge in [-0.3, -0.25) is 0 Å². The standard InChI is InChI=1S/C15H17BrN4/c1-2-20(11-6-4-3-5-7-11)14-12-10-17-9-8-13(12)18-15(16)19-14/h3-7,17H,2,8-10H2,1H3. The Morgan fingerprint density at radius 2 is 2.05 bits per heavy atom. The molecule has 0 saturated heterocycles. The number of nitrogens with one attached hydrogen (secondary N) is 1. The molecule has 1 aromatic heterocycles. The van der Waals surface area contributed by atoms with Crippen molar-refractivity contribution < 1.29 is 0 Å². The fourth-order valence-electron chi connectivity index (χ4n) is 2.58. The minimum Gasteiger partial charge on any atom is -0.326 e. The van der Waals surface area contributed by atoms with E-state index in [9.17, 15) is 0 Å². The first-order valence-electron chi connectivity index (χ1n) is 6.88. The summed E-state index contributed by atoms with van der Waals surface area (Å²) in [5, 5.41) is 3.41. The zero-order valence-corrected chi connectivity index (χ0v) is 13.0. The number of anilines is 2. The van der Waals surface area contributed by atoms with E-state index in [1.165, 1.54) is 5.56 Å². The van der Waals surface area contributed by atoms with Gasteiger partial charge in [0, 0.05) is 37.3 Å². The third-order valence-electron chi connectivity index (χ3n) is 3.52. The van der Waals surface area contributed by atoms with Crippen LogP contribution in [0.5, 0.6) is 0 Å². The van der Waals surface area contributed by atoms with E-state index in [1.54, 1.807) is 0 Å². The molecule has 20 heavy (non-hydrogen) atoms. The van der Waals surface area contributed by atoms with Crippen molar-refractivity contribution >= 4 is 27.4 Å². The lowest BCUT2D eigenvalue weighted by Gasteiger charge is -2.27. The summed E-state index contributed by atoms with van der Waals surface area (Å²) in [7, 11) is 0. The normalized spacial score (nSPS) is 13.9. The first-order chi connectivity index (χ1) is 9.79. The molecular formula is C15H17BrN4. The van der Waals surface area contributed by atoms with Crippen molar-refractivity contribution in [3.8, 4) is 0 Å². The molecule has 0 amide bonds. The molecule has 1 N–H and O–H groups in total. The summed E-state index contributed by atoms with van der Waals surface area (Å²) in [5.41, 5.74) is 3.52. The van der Waals surface area contributed by atoms with E-state index in [0.29, 0.717) is 4.73 Å². The molecule has 2 heterocycles. The highest BCUT2D eigenvalue weighted by Gasteiger charge is 2.21. The van der Waals surface area contributed by atoms with Gasteiger partial charge in [0.05, 0.1) is 5.69 Å². The molecule has 1 aliphatic rings. The summed E-state index contributed by atoms with van der Waals surface area (Å²) in [4.78, 5) is 11.4. The summed E-state index contributed by atoms with van der Waals surface area (Å²) < 4.78 is 0.669. The molecule has 1 aliphatic heterocycles. The number of halogens is 1. The van der Waals surface area contributed by atoms with Crippen LogP contribution in [0.25, 0.3) is 0 Å². The maximum Gasteiger partial charge on any atom is 0.198 e. The van der Waals surface area contributed by atoms with Gasteiger partial charge >= 0.3 is 0 Å². The van der Waals surface area contributed by atoms with Gasteiger partial charge in [0.25, 0.3) is 0 Å². The fourth-order valence-corrected chi connectivity index (χ4v) is 2.96. The average molecular weight is 333 g/mol. The van der Waals surface area contributed by atoms with Crippen LogP contribution in [0.1, 0.15) is 18.2 Å². The second-order valence-electron chi connectivity index (χ2n) is 4.75. The van der Waals surface area contributed by atoms with E-state index >= 15 is 0 Å². The molecule has 0 spiro atoms. The van der Waals surface area contributed by atoms with Gasteiger partial charge in [-0.15, -0.1) is 0 Å². The third-order valence-corrected chi connectivity index (χ3v) is 3.88. The molecule has 0 aliphatic carbocycles. The van der Waals surface area contributed by atoms with Crippen LogP contribution in [0.15, 0.2) is 35.1 Å². The Balaban J connectivity index is 2.10. The van der Waals surface area contributed by atoms with Crippen molar-refractivity contribution in [2.45, 2.75) is 19.9 Å². The zero-order valence-electron chi connectivity index (χ0n) is 11.4. The van der Waals surface area contributed by atoms with E-state index in [0.717, 1.165) is 43.3 Å². The van der Waals surface area contributed by atoms with Crippen molar-refractivity contribution in [2.75, 3.05) is 18.0 Å². The van der Waals surface area contributed by atoms with Crippen molar-refractivity contribution in [1.29, 1.82) is 0 Å². The van der Waals surface area contributed by atoms with Crippen LogP contribution < -0.4 is 10.2 Å². The first-order valence-corrected chi connectivity index (χ1v) is 7.67. The molecule has 104 valence electrons. The van der Waals surface area contributed by atoms with Crippen LogP contribution in [-0.2, 0) is 13.0 Å². The van der Waals surface area contributed by atoms with E-state index in [4.69, 9.17) is 0 Å². The van der Waals surface area contributed by atoms with Crippen LogP contribution in [-0.4, -0.2) is 23.1 Å². The van der Waals surface area contributed by atoms with E-state index in [1.807, 2.05) is 6.07 Å². The third kappa shape index (κ3) is 2.55. The molecule has 0 bridgehead atoms. The molecule has 3 rings (SSSR count). The van der Waals surface area contributed by atoms with Crippen LogP contribution >= 0.6 is 15.9 Å². The Morgan fingerprint density at radius 1 is 1.25 bits per heavy atom. The predicted molar refractivity (Wildman–Crippen MR) is 84.3 cm³/mol. The highest BCUT2D eigenvalue weighted by molar-refractivity contribution is 9.10. The molecule has 1 aromatic carbocycles. The first kappa shape index (κ1) is 13.5. The summed E-state index contributed by atoms with van der Waals surface area (Å²) >= 11 is 3.44. The number of rotatable bonds is 3. The average Bonchev–Trinajstić information content (AvgIpc) is 2.49. The molecule has 0 unspecified atom stereocenters. The maximum absolute atomic E-state index is 4.63. The largest absolute Gasteiger partial charge is 0.326 e. The SMILES string of the molecule is CCN(c1ccccc1)c1nc(Br)nc2c1CNCC2. The van der Waals surface area contributed by atoms with Gasteiger partial charge in [0.15, 0.2) is 4.73 Å². The quantitative estimate of drug-likeness (QED) is 0.877. The Labute approximate surface area is 127 Å². The lowest BCUT2D eigenvalue weighted by Crippen LogP contribution is -2.29. The second-order valence-corrected chi connectivity index (χ2v) is 5.46. The molecule has 0 saturated carbocycles. The number of hydrogen-bond acceptors (Lipinski definition) is 4. The van der Waals surface area contributed by atoms with Crippen molar-refractivity contribution in [1.82, 2.24) is 15.3 Å². The Hall–Kier alpha value is -1.46. The highest BCUT2D eigenvalue weighted by atomic mass is 79.9. The van der Waals surface area contributed by atoms with E-state index < -0.39 is 0 Å². The number of aromatic nitrogens is 2. The molecular weight excluding hydrogens is 316 g/mol. The number of fused-ring (bicyclic) bond motifs is 1. The van der Waals surface area contributed by atoms with Gasteiger partial charge < -0.3 is 10.2 Å². The van der Waals surface area contributed by atoms with Crippen LogP contribution in [0.3, 0.4) is 0 Å². The van der Waals surface area contributed by atoms with Crippen molar-refractivity contribution in [2.24, 2.45) is 0 Å². The van der Waals surface area contributed by atoms with E-state index in [-0.39, 0.29) is 0 Å². The second kappa shape index (κ2) is 5.89. The Kier molecular flexibility index (Phi) is 3.98. The zero-order chi connectivity index (χ0) is 13.9. The molecule has 0 radical (unpaired) electrons. The smallest absolute Gasteiger partial charge is 0.198 e. The Morgan fingerprint density at radius 3 is 2.80 bits per heavy atom. The van der Waals surface area contributed by atoms with Crippen LogP contribution in [0.2, 0.25) is 0 Å². The molecule has 0 fully saturated rings. The highest BCUT2D eigenvalue weighted by Crippen LogP contribution is 2.30. The molecule has 5 heteroatoms. The number of benzene rings is 1. The van der Waals surface area contributed by atoms with Gasteiger partial charge in [0.2, 0.25) is 0 Å². The summed E-state index contributed by atoms with van der Waals surface area (Å²) in [6.45, 7) is 4.83. The topological polar surface area (TPSA) is 41.1 Å². The lowest BCUT2D eigenvalue weighted by molar-refractivity contribution is 0.622. The van der Waals surface area contributed by atoms with Crippen molar-refractivity contribution in [3.05, 3.63) is 46.3 Å². The molecule has 4 nitrogen and oxygen atoms in total. The van der Waals surface area contributed by atoms with E-state index in [2.05, 4.69) is 67.3 Å². The van der Waals surface area contributed by atoms with Crippen molar-refractivity contribution in [3.63, 3.8) is 0 Å². The lowest BCUT2D eigenvalue weighted by atomic mass is 10.1. The predicted octanol–water partition coefficient (Wildman–Crippen LogP) is 3.04. The molecule has 2 aromatic rings. The minimum atomic E-state index is 0.669. The maximum atomic E-state index is 4.63. The van der Waals surface area contributed by atoms with Crippen LogP contribution in [0, 0.1) is 0 Å². The fraction of sp³-hybridized carbons (Fsp3) is 0.333. The van der Waals surface area contributed by atoms with Gasteiger partial charge in [-0.25, -0.2) is 9.97 Å². The number of para-hydroxylation sites is 1. The summed E-state index contributed by atoms with van der Waals surface area (Å²) in [6.07, 6.45) is 0.954. The molecule has 0 atom stereocenters. The minimum absolute atomic E-state index is 0.669. The monoisotopic (exact) mass is 332 g/mol.